The average Bonchev–Trinajstić information content (AvgIpc) is 2.76. The van der Waals surface area contributed by atoms with Gasteiger partial charge < -0.3 is 20.3 Å². The predicted molar refractivity (Wildman–Crippen MR) is 75.6 cm³/mol. The van der Waals surface area contributed by atoms with E-state index >= 15 is 0 Å². The largest absolute Gasteiger partial charge is 0.504 e. The van der Waals surface area contributed by atoms with Crippen LogP contribution in [0.25, 0.3) is 0 Å². The van der Waals surface area contributed by atoms with Crippen molar-refractivity contribution in [1.82, 2.24) is 9.66 Å². The van der Waals surface area contributed by atoms with Crippen LogP contribution in [-0.4, -0.2) is 35.2 Å². The van der Waals surface area contributed by atoms with Gasteiger partial charge in [0.1, 0.15) is 5.75 Å². The number of phenolic OH excluding ortho intramolecular Hbond substituents is 1. The standard InChI is InChI=1S/C13H16N4O3/c1-8-7-17(13(14)16-8)15-6-9-4-10(19-2)5-11(20-3)12(9)18/h4-7,18H,1-3H3,(H2,14,16). The lowest BCUT2D eigenvalue weighted by atomic mass is 10.2. The highest BCUT2D eigenvalue weighted by molar-refractivity contribution is 5.85. The lowest BCUT2D eigenvalue weighted by Crippen LogP contribution is -1.98. The van der Waals surface area contributed by atoms with E-state index in [1.165, 1.54) is 25.1 Å². The summed E-state index contributed by atoms with van der Waals surface area (Å²) in [6.45, 7) is 1.81. The van der Waals surface area contributed by atoms with Crippen LogP contribution >= 0.6 is 0 Å². The molecule has 0 bridgehead atoms. The van der Waals surface area contributed by atoms with Gasteiger partial charge >= 0.3 is 0 Å². The quantitative estimate of drug-likeness (QED) is 0.822. The molecule has 1 heterocycles. The van der Waals surface area contributed by atoms with Gasteiger partial charge in [-0.05, 0) is 13.0 Å². The molecule has 0 aliphatic carbocycles. The number of nitrogens with two attached hydrogens (primary N) is 1. The van der Waals surface area contributed by atoms with Crippen molar-refractivity contribution in [2.45, 2.75) is 6.92 Å². The molecule has 0 saturated carbocycles. The van der Waals surface area contributed by atoms with Crippen LogP contribution in [0.15, 0.2) is 23.4 Å². The number of hydrogen-bond acceptors (Lipinski definition) is 6. The number of nitrogens with zero attached hydrogens (tertiary/aromatic N) is 3. The molecular formula is C13H16N4O3. The van der Waals surface area contributed by atoms with Gasteiger partial charge in [-0.15, -0.1) is 0 Å². The van der Waals surface area contributed by atoms with Crippen molar-refractivity contribution >= 4 is 12.2 Å². The van der Waals surface area contributed by atoms with Crippen LogP contribution in [0.4, 0.5) is 5.95 Å². The Morgan fingerprint density at radius 1 is 1.35 bits per heavy atom. The predicted octanol–water partition coefficient (Wildman–Crippen LogP) is 1.38. The van der Waals surface area contributed by atoms with Crippen molar-refractivity contribution in [3.8, 4) is 17.2 Å². The number of hydrogen-bond donors (Lipinski definition) is 2. The number of ether oxygens (including phenoxy) is 2. The van der Waals surface area contributed by atoms with Crippen molar-refractivity contribution in [3.05, 3.63) is 29.6 Å². The SMILES string of the molecule is COc1cc(C=Nn2cc(C)nc2N)c(O)c(OC)c1. The molecule has 0 atom stereocenters. The number of benzene rings is 1. The average molecular weight is 276 g/mol. The van der Waals surface area contributed by atoms with Crippen LogP contribution in [0.3, 0.4) is 0 Å². The molecule has 2 aromatic rings. The van der Waals surface area contributed by atoms with E-state index in [4.69, 9.17) is 15.2 Å². The molecule has 7 heteroatoms. The summed E-state index contributed by atoms with van der Waals surface area (Å²) < 4.78 is 11.6. The van der Waals surface area contributed by atoms with Crippen LogP contribution in [0.5, 0.6) is 17.2 Å². The number of aryl methyl sites for hydroxylation is 1. The van der Waals surface area contributed by atoms with Crippen molar-refractivity contribution < 1.29 is 14.6 Å². The minimum Gasteiger partial charge on any atom is -0.504 e. The van der Waals surface area contributed by atoms with Crippen molar-refractivity contribution in [2.75, 3.05) is 20.0 Å². The summed E-state index contributed by atoms with van der Waals surface area (Å²) in [5.74, 6) is 1.11. The van der Waals surface area contributed by atoms with Crippen molar-refractivity contribution in [3.63, 3.8) is 0 Å². The molecule has 20 heavy (non-hydrogen) atoms. The number of aromatic hydroxyl groups is 1. The van der Waals surface area contributed by atoms with Gasteiger partial charge in [-0.25, -0.2) is 9.66 Å². The molecule has 0 spiro atoms. The number of aromatic nitrogens is 2. The lowest BCUT2D eigenvalue weighted by molar-refractivity contribution is 0.364. The first-order valence-corrected chi connectivity index (χ1v) is 5.86. The number of anilines is 1. The number of phenols is 1. The Hall–Kier alpha value is -2.70. The molecule has 2 rings (SSSR count). The minimum absolute atomic E-state index is 0.0209. The Morgan fingerprint density at radius 3 is 2.65 bits per heavy atom. The summed E-state index contributed by atoms with van der Waals surface area (Å²) in [4.78, 5) is 4.03. The molecule has 0 radical (unpaired) electrons. The monoisotopic (exact) mass is 276 g/mol. The Kier molecular flexibility index (Phi) is 3.79. The molecule has 1 aromatic carbocycles. The first-order valence-electron chi connectivity index (χ1n) is 5.86. The summed E-state index contributed by atoms with van der Waals surface area (Å²) in [7, 11) is 3.00. The van der Waals surface area contributed by atoms with Gasteiger partial charge in [0.15, 0.2) is 11.5 Å². The van der Waals surface area contributed by atoms with Gasteiger partial charge in [-0.1, -0.05) is 0 Å². The molecule has 0 fully saturated rings. The van der Waals surface area contributed by atoms with E-state index in [0.29, 0.717) is 17.1 Å². The highest BCUT2D eigenvalue weighted by Gasteiger charge is 2.10. The molecule has 3 N–H and O–H groups in total. The summed E-state index contributed by atoms with van der Waals surface area (Å²) in [5, 5.41) is 14.2. The van der Waals surface area contributed by atoms with Gasteiger partial charge in [-0.2, -0.15) is 5.10 Å². The molecule has 1 aromatic heterocycles. The molecule has 0 unspecified atom stereocenters. The maximum absolute atomic E-state index is 10.0. The number of imidazole rings is 1. The molecule has 0 saturated heterocycles. The number of methoxy groups -OCH3 is 2. The van der Waals surface area contributed by atoms with Crippen molar-refractivity contribution in [2.24, 2.45) is 5.10 Å². The second-order valence-electron chi connectivity index (χ2n) is 4.10. The number of rotatable bonds is 4. The van der Waals surface area contributed by atoms with Gasteiger partial charge in [0.25, 0.3) is 0 Å². The van der Waals surface area contributed by atoms with E-state index in [1.54, 1.807) is 18.3 Å². The fraction of sp³-hybridized carbons (Fsp3) is 0.231. The molecule has 0 aliphatic rings. The van der Waals surface area contributed by atoms with Crippen LogP contribution < -0.4 is 15.2 Å². The van der Waals surface area contributed by atoms with Gasteiger partial charge in [0.2, 0.25) is 5.95 Å². The van der Waals surface area contributed by atoms with Gasteiger partial charge in [0.05, 0.1) is 32.3 Å². The third kappa shape index (κ3) is 2.66. The third-order valence-corrected chi connectivity index (χ3v) is 2.69. The maximum atomic E-state index is 10.0. The second kappa shape index (κ2) is 5.52. The smallest absolute Gasteiger partial charge is 0.221 e. The van der Waals surface area contributed by atoms with Crippen LogP contribution in [0, 0.1) is 6.92 Å². The molecule has 7 nitrogen and oxygen atoms in total. The van der Waals surface area contributed by atoms with E-state index in [2.05, 4.69) is 10.1 Å². The third-order valence-electron chi connectivity index (χ3n) is 2.69. The van der Waals surface area contributed by atoms with Crippen LogP contribution in [-0.2, 0) is 0 Å². The molecule has 0 aliphatic heterocycles. The summed E-state index contributed by atoms with van der Waals surface area (Å²) in [5.41, 5.74) is 6.89. The van der Waals surface area contributed by atoms with Gasteiger partial charge in [0, 0.05) is 11.6 Å². The fourth-order valence-corrected chi connectivity index (χ4v) is 1.70. The van der Waals surface area contributed by atoms with E-state index in [1.807, 2.05) is 6.92 Å². The van der Waals surface area contributed by atoms with E-state index < -0.39 is 0 Å². The molecular weight excluding hydrogens is 260 g/mol. The maximum Gasteiger partial charge on any atom is 0.221 e. The van der Waals surface area contributed by atoms with E-state index in [9.17, 15) is 5.11 Å². The molecule has 106 valence electrons. The normalized spacial score (nSPS) is 10.9. The first-order chi connectivity index (χ1) is 9.55. The summed E-state index contributed by atoms with van der Waals surface area (Å²) in [6.07, 6.45) is 3.14. The highest BCUT2D eigenvalue weighted by atomic mass is 16.5. The van der Waals surface area contributed by atoms with E-state index in [-0.39, 0.29) is 11.7 Å². The Morgan fingerprint density at radius 2 is 2.10 bits per heavy atom. The van der Waals surface area contributed by atoms with Gasteiger partial charge in [-0.3, -0.25) is 0 Å². The second-order valence-corrected chi connectivity index (χ2v) is 4.10. The van der Waals surface area contributed by atoms with Crippen molar-refractivity contribution in [1.29, 1.82) is 0 Å². The highest BCUT2D eigenvalue weighted by Crippen LogP contribution is 2.33. The van der Waals surface area contributed by atoms with Crippen LogP contribution in [0.2, 0.25) is 0 Å². The van der Waals surface area contributed by atoms with Crippen LogP contribution in [0.1, 0.15) is 11.3 Å². The summed E-state index contributed by atoms with van der Waals surface area (Å²) in [6, 6.07) is 3.23. The zero-order valence-electron chi connectivity index (χ0n) is 11.5. The van der Waals surface area contributed by atoms with E-state index in [0.717, 1.165) is 5.69 Å². The summed E-state index contributed by atoms with van der Waals surface area (Å²) >= 11 is 0. The fourth-order valence-electron chi connectivity index (χ4n) is 1.70. The lowest BCUT2D eigenvalue weighted by Gasteiger charge is -2.08. The zero-order valence-corrected chi connectivity index (χ0v) is 11.5. The Balaban J connectivity index is 2.40. The zero-order chi connectivity index (χ0) is 14.7. The Bertz CT molecular complexity index is 649. The first kappa shape index (κ1) is 13.7. The number of nitrogen functional groups attached to an aromatic ring is 1. The molecule has 0 amide bonds. The minimum atomic E-state index is -0.0209. The Labute approximate surface area is 116 Å². The topological polar surface area (TPSA) is 94.9 Å².